The van der Waals surface area contributed by atoms with E-state index in [-0.39, 0.29) is 5.92 Å². The van der Waals surface area contributed by atoms with Crippen LogP contribution in [-0.4, -0.2) is 11.1 Å². The van der Waals surface area contributed by atoms with Crippen molar-refractivity contribution in [1.82, 2.24) is 0 Å². The van der Waals surface area contributed by atoms with Gasteiger partial charge in [0, 0.05) is 0 Å². The van der Waals surface area contributed by atoms with Crippen LogP contribution < -0.4 is 0 Å². The molecule has 1 saturated carbocycles. The SMILES string of the molecule is CCc1ccc(CC(C(=O)O)C2CCCC2)cc1. The number of carboxylic acids is 1. The van der Waals surface area contributed by atoms with Crippen LogP contribution in [0.2, 0.25) is 0 Å². The molecule has 0 bridgehead atoms. The van der Waals surface area contributed by atoms with Gasteiger partial charge < -0.3 is 5.11 Å². The van der Waals surface area contributed by atoms with Gasteiger partial charge in [-0.3, -0.25) is 4.79 Å². The average molecular weight is 246 g/mol. The van der Waals surface area contributed by atoms with E-state index in [1.165, 1.54) is 18.4 Å². The van der Waals surface area contributed by atoms with Gasteiger partial charge in [0.25, 0.3) is 0 Å². The summed E-state index contributed by atoms with van der Waals surface area (Å²) >= 11 is 0. The quantitative estimate of drug-likeness (QED) is 0.860. The van der Waals surface area contributed by atoms with Crippen molar-refractivity contribution in [2.24, 2.45) is 11.8 Å². The Labute approximate surface area is 109 Å². The van der Waals surface area contributed by atoms with Crippen molar-refractivity contribution in [3.63, 3.8) is 0 Å². The highest BCUT2D eigenvalue weighted by Crippen LogP contribution is 2.33. The smallest absolute Gasteiger partial charge is 0.307 e. The van der Waals surface area contributed by atoms with Crippen LogP contribution in [0.3, 0.4) is 0 Å². The molecular weight excluding hydrogens is 224 g/mol. The van der Waals surface area contributed by atoms with Crippen molar-refractivity contribution in [3.05, 3.63) is 35.4 Å². The third-order valence-electron chi connectivity index (χ3n) is 4.17. The monoisotopic (exact) mass is 246 g/mol. The predicted molar refractivity (Wildman–Crippen MR) is 72.6 cm³/mol. The summed E-state index contributed by atoms with van der Waals surface area (Å²) in [5.41, 5.74) is 2.47. The second kappa shape index (κ2) is 6.03. The number of hydrogen-bond acceptors (Lipinski definition) is 1. The highest BCUT2D eigenvalue weighted by atomic mass is 16.4. The number of benzene rings is 1. The number of carboxylic acid groups (broad SMARTS) is 1. The molecule has 2 rings (SSSR count). The van der Waals surface area contributed by atoms with E-state index in [1.807, 2.05) is 0 Å². The topological polar surface area (TPSA) is 37.3 Å². The molecule has 0 aliphatic heterocycles. The molecule has 0 radical (unpaired) electrons. The van der Waals surface area contributed by atoms with E-state index in [2.05, 4.69) is 31.2 Å². The van der Waals surface area contributed by atoms with Crippen LogP contribution in [0.25, 0.3) is 0 Å². The van der Waals surface area contributed by atoms with Gasteiger partial charge in [0.05, 0.1) is 5.92 Å². The third kappa shape index (κ3) is 3.12. The zero-order valence-electron chi connectivity index (χ0n) is 11.1. The molecule has 2 heteroatoms. The fourth-order valence-electron chi connectivity index (χ4n) is 2.98. The minimum absolute atomic E-state index is 0.194. The number of rotatable bonds is 5. The van der Waals surface area contributed by atoms with Crippen molar-refractivity contribution in [2.75, 3.05) is 0 Å². The number of aryl methyl sites for hydroxylation is 1. The van der Waals surface area contributed by atoms with Crippen molar-refractivity contribution >= 4 is 5.97 Å². The minimum Gasteiger partial charge on any atom is -0.481 e. The van der Waals surface area contributed by atoms with Crippen molar-refractivity contribution in [1.29, 1.82) is 0 Å². The number of carbonyl (C=O) groups is 1. The van der Waals surface area contributed by atoms with Crippen LogP contribution in [0.15, 0.2) is 24.3 Å². The Morgan fingerprint density at radius 3 is 2.28 bits per heavy atom. The average Bonchev–Trinajstić information content (AvgIpc) is 2.90. The summed E-state index contributed by atoms with van der Waals surface area (Å²) in [5, 5.41) is 9.40. The zero-order valence-corrected chi connectivity index (χ0v) is 11.1. The van der Waals surface area contributed by atoms with Crippen LogP contribution in [-0.2, 0) is 17.6 Å². The molecule has 1 unspecified atom stereocenters. The number of hydrogen-bond donors (Lipinski definition) is 1. The van der Waals surface area contributed by atoms with E-state index in [9.17, 15) is 9.90 Å². The first-order valence-electron chi connectivity index (χ1n) is 7.01. The lowest BCUT2D eigenvalue weighted by molar-refractivity contribution is -0.143. The maximum Gasteiger partial charge on any atom is 0.307 e. The Kier molecular flexibility index (Phi) is 4.40. The predicted octanol–water partition coefficient (Wildman–Crippen LogP) is 3.68. The molecular formula is C16H22O2. The highest BCUT2D eigenvalue weighted by molar-refractivity contribution is 5.70. The van der Waals surface area contributed by atoms with Gasteiger partial charge in [0.2, 0.25) is 0 Å². The Morgan fingerprint density at radius 1 is 1.22 bits per heavy atom. The third-order valence-corrected chi connectivity index (χ3v) is 4.17. The molecule has 1 aromatic rings. The lowest BCUT2D eigenvalue weighted by Crippen LogP contribution is -2.24. The summed E-state index contributed by atoms with van der Waals surface area (Å²) in [6.07, 6.45) is 6.29. The van der Waals surface area contributed by atoms with Gasteiger partial charge in [-0.05, 0) is 42.7 Å². The minimum atomic E-state index is -0.624. The lowest BCUT2D eigenvalue weighted by atomic mass is 9.85. The molecule has 1 atom stereocenters. The fraction of sp³-hybridized carbons (Fsp3) is 0.562. The fourth-order valence-corrected chi connectivity index (χ4v) is 2.98. The van der Waals surface area contributed by atoms with Gasteiger partial charge in [-0.1, -0.05) is 44.0 Å². The van der Waals surface area contributed by atoms with Gasteiger partial charge in [-0.25, -0.2) is 0 Å². The van der Waals surface area contributed by atoms with Gasteiger partial charge in [0.1, 0.15) is 0 Å². The maximum absolute atomic E-state index is 11.4. The van der Waals surface area contributed by atoms with Crippen LogP contribution in [0.4, 0.5) is 0 Å². The normalized spacial score (nSPS) is 17.8. The Bertz CT molecular complexity index is 388. The summed E-state index contributed by atoms with van der Waals surface area (Å²) in [7, 11) is 0. The van der Waals surface area contributed by atoms with Gasteiger partial charge in [0.15, 0.2) is 0 Å². The molecule has 0 aromatic heterocycles. The van der Waals surface area contributed by atoms with Crippen molar-refractivity contribution < 1.29 is 9.90 Å². The second-order valence-corrected chi connectivity index (χ2v) is 5.36. The molecule has 1 aliphatic rings. The molecule has 98 valence electrons. The molecule has 18 heavy (non-hydrogen) atoms. The molecule has 2 nitrogen and oxygen atoms in total. The zero-order chi connectivity index (χ0) is 13.0. The lowest BCUT2D eigenvalue weighted by Gasteiger charge is -2.19. The molecule has 1 N–H and O–H groups in total. The number of aliphatic carboxylic acids is 1. The van der Waals surface area contributed by atoms with Crippen molar-refractivity contribution in [2.45, 2.75) is 45.4 Å². The molecule has 0 spiro atoms. The van der Waals surface area contributed by atoms with E-state index < -0.39 is 5.97 Å². The molecule has 0 saturated heterocycles. The first-order chi connectivity index (χ1) is 8.70. The van der Waals surface area contributed by atoms with E-state index in [0.29, 0.717) is 12.3 Å². The summed E-state index contributed by atoms with van der Waals surface area (Å²) in [4.78, 5) is 11.4. The summed E-state index contributed by atoms with van der Waals surface area (Å²) in [6, 6.07) is 8.40. The molecule has 0 heterocycles. The van der Waals surface area contributed by atoms with Crippen LogP contribution in [0.5, 0.6) is 0 Å². The summed E-state index contributed by atoms with van der Waals surface area (Å²) in [6.45, 7) is 2.13. The Balaban J connectivity index is 2.05. The first-order valence-corrected chi connectivity index (χ1v) is 7.01. The Hall–Kier alpha value is -1.31. The Morgan fingerprint density at radius 2 is 1.78 bits per heavy atom. The van der Waals surface area contributed by atoms with E-state index >= 15 is 0 Å². The summed E-state index contributed by atoms with van der Waals surface area (Å²) in [5.74, 6) is -0.435. The van der Waals surface area contributed by atoms with E-state index in [0.717, 1.165) is 24.8 Å². The standard InChI is InChI=1S/C16H22O2/c1-2-12-7-9-13(10-8-12)11-15(16(17)18)14-5-3-4-6-14/h7-10,14-15H,2-6,11H2,1H3,(H,17,18). The van der Waals surface area contributed by atoms with Crippen LogP contribution in [0, 0.1) is 11.8 Å². The maximum atomic E-state index is 11.4. The molecule has 1 fully saturated rings. The molecule has 0 amide bonds. The van der Waals surface area contributed by atoms with Crippen molar-refractivity contribution in [3.8, 4) is 0 Å². The highest BCUT2D eigenvalue weighted by Gasteiger charge is 2.30. The second-order valence-electron chi connectivity index (χ2n) is 5.36. The van der Waals surface area contributed by atoms with Gasteiger partial charge >= 0.3 is 5.97 Å². The largest absolute Gasteiger partial charge is 0.481 e. The van der Waals surface area contributed by atoms with Gasteiger partial charge in [-0.15, -0.1) is 0 Å². The first kappa shape index (κ1) is 13.1. The van der Waals surface area contributed by atoms with E-state index in [4.69, 9.17) is 0 Å². The molecule has 1 aliphatic carbocycles. The summed E-state index contributed by atoms with van der Waals surface area (Å²) < 4.78 is 0. The molecule has 1 aromatic carbocycles. The van der Waals surface area contributed by atoms with Crippen LogP contribution >= 0.6 is 0 Å². The van der Waals surface area contributed by atoms with E-state index in [1.54, 1.807) is 0 Å². The van der Waals surface area contributed by atoms with Gasteiger partial charge in [-0.2, -0.15) is 0 Å². The van der Waals surface area contributed by atoms with Crippen LogP contribution in [0.1, 0.15) is 43.7 Å².